The maximum atomic E-state index is 15.2. The first-order valence-electron chi connectivity index (χ1n) is 18.1. The minimum Gasteiger partial charge on any atom is -0.374 e. The van der Waals surface area contributed by atoms with E-state index in [9.17, 15) is 27.6 Å². The lowest BCUT2D eigenvalue weighted by molar-refractivity contribution is -0.182. The van der Waals surface area contributed by atoms with Crippen molar-refractivity contribution in [2.24, 2.45) is 0 Å². The molecule has 2 aliphatic rings. The largest absolute Gasteiger partial charge is 0.401 e. The van der Waals surface area contributed by atoms with E-state index in [0.717, 1.165) is 63.0 Å². The Bertz CT molecular complexity index is 2210. The number of likely N-dealkylation sites (tertiary alicyclic amines) is 1. The van der Waals surface area contributed by atoms with Gasteiger partial charge in [-0.1, -0.05) is 30.3 Å². The number of alkyl halides is 3. The summed E-state index contributed by atoms with van der Waals surface area (Å²) in [5.74, 6) is -1.53. The highest BCUT2D eigenvalue weighted by molar-refractivity contribution is 6.01. The number of aromatic nitrogens is 7. The van der Waals surface area contributed by atoms with Crippen molar-refractivity contribution in [1.82, 2.24) is 50.5 Å². The SMILES string of the molecule is CC(C)(c1n[nH]c(CNC(=O)c2cnn(-c3ncc(-c4ccc(CN5CCC(c6ccc(NC7CCC(=O)NC7=O)cc6F)CC5)cc4)cn3)c2)n1)C(F)(F)F. The number of amides is 3. The highest BCUT2D eigenvalue weighted by Crippen LogP contribution is 2.38. The molecule has 0 bridgehead atoms. The molecule has 3 aromatic heterocycles. The zero-order chi connectivity index (χ0) is 39.6. The van der Waals surface area contributed by atoms with Gasteiger partial charge < -0.3 is 10.6 Å². The molecule has 5 heterocycles. The Labute approximate surface area is 318 Å². The maximum Gasteiger partial charge on any atom is 0.401 e. The van der Waals surface area contributed by atoms with Gasteiger partial charge >= 0.3 is 6.18 Å². The normalized spacial score (nSPS) is 17.1. The summed E-state index contributed by atoms with van der Waals surface area (Å²) in [6.45, 7) is 4.19. The van der Waals surface area contributed by atoms with E-state index in [2.05, 4.69) is 63.2 Å². The topological polar surface area (TPSA) is 176 Å². The van der Waals surface area contributed by atoms with Crippen molar-refractivity contribution in [1.29, 1.82) is 0 Å². The summed E-state index contributed by atoms with van der Waals surface area (Å²) in [5, 5.41) is 18.2. The monoisotopic (exact) mass is 773 g/mol. The van der Waals surface area contributed by atoms with Crippen LogP contribution in [0.25, 0.3) is 17.1 Å². The molecule has 2 aliphatic heterocycles. The molecule has 4 N–H and O–H groups in total. The van der Waals surface area contributed by atoms with E-state index in [4.69, 9.17) is 0 Å². The minimum atomic E-state index is -4.54. The predicted molar refractivity (Wildman–Crippen MR) is 195 cm³/mol. The van der Waals surface area contributed by atoms with Gasteiger partial charge in [-0.2, -0.15) is 23.4 Å². The highest BCUT2D eigenvalue weighted by Gasteiger charge is 2.51. The summed E-state index contributed by atoms with van der Waals surface area (Å²) in [7, 11) is 0. The van der Waals surface area contributed by atoms with Crippen molar-refractivity contribution in [2.45, 2.75) is 76.2 Å². The summed E-state index contributed by atoms with van der Waals surface area (Å²) in [6.07, 6.45) is 3.79. The van der Waals surface area contributed by atoms with Crippen LogP contribution < -0.4 is 16.0 Å². The van der Waals surface area contributed by atoms with E-state index in [1.807, 2.05) is 12.1 Å². The third kappa shape index (κ3) is 8.44. The van der Waals surface area contributed by atoms with Crippen LogP contribution in [0.1, 0.15) is 78.6 Å². The Morgan fingerprint density at radius 1 is 0.964 bits per heavy atom. The number of carbonyl (C=O) groups is 3. The number of rotatable bonds is 11. The second-order valence-corrected chi connectivity index (χ2v) is 14.5. The number of hydrogen-bond acceptors (Lipinski definition) is 10. The lowest BCUT2D eigenvalue weighted by Gasteiger charge is -2.32. The number of anilines is 1. The molecule has 3 amide bonds. The molecule has 0 spiro atoms. The Kier molecular flexibility index (Phi) is 10.7. The third-order valence-corrected chi connectivity index (χ3v) is 10.2. The van der Waals surface area contributed by atoms with Gasteiger partial charge in [-0.15, -0.1) is 0 Å². The second-order valence-electron chi connectivity index (χ2n) is 14.5. The van der Waals surface area contributed by atoms with Crippen LogP contribution in [-0.2, 0) is 28.1 Å². The van der Waals surface area contributed by atoms with Crippen LogP contribution in [-0.4, -0.2) is 82.9 Å². The van der Waals surface area contributed by atoms with Gasteiger partial charge in [-0.05, 0) is 80.9 Å². The second kappa shape index (κ2) is 15.6. The van der Waals surface area contributed by atoms with Gasteiger partial charge in [-0.3, -0.25) is 29.7 Å². The number of imide groups is 1. The van der Waals surface area contributed by atoms with E-state index < -0.39 is 35.3 Å². The van der Waals surface area contributed by atoms with Gasteiger partial charge in [0.2, 0.25) is 17.8 Å². The summed E-state index contributed by atoms with van der Waals surface area (Å²) in [6, 6.07) is 12.5. The number of carbonyl (C=O) groups excluding carboxylic acids is 3. The van der Waals surface area contributed by atoms with Crippen LogP contribution in [0.5, 0.6) is 0 Å². The molecule has 1 unspecified atom stereocenters. The fraction of sp³-hybridized carbons (Fsp3) is 0.368. The summed E-state index contributed by atoms with van der Waals surface area (Å²) in [4.78, 5) is 51.2. The summed E-state index contributed by atoms with van der Waals surface area (Å²) < 4.78 is 56.4. The first-order chi connectivity index (χ1) is 26.7. The standard InChI is InChI=1S/C38H39F4N11O3/c1-37(2,38(40,41)42)35-48-31(50-51-35)19-43-33(55)26-18-46-53(21-26)36-44-16-25(17-45-36)23-5-3-22(4-6-23)20-52-13-11-24(12-14-52)28-8-7-27(15-29(28)39)47-30-9-10-32(54)49-34(30)56/h3-8,15-18,21,24,30,47H,9-14,19-20H2,1-2H3,(H,43,55)(H,48,50,51)(H,49,54,56). The lowest BCUT2D eigenvalue weighted by atomic mass is 9.88. The number of halogens is 4. The Morgan fingerprint density at radius 3 is 2.38 bits per heavy atom. The quantitative estimate of drug-likeness (QED) is 0.106. The van der Waals surface area contributed by atoms with Crippen LogP contribution in [0.3, 0.4) is 0 Å². The molecule has 1 atom stereocenters. The molecule has 292 valence electrons. The molecule has 0 aliphatic carbocycles. The fourth-order valence-corrected chi connectivity index (χ4v) is 6.63. The van der Waals surface area contributed by atoms with Crippen molar-refractivity contribution < 1.29 is 31.9 Å². The molecule has 7 rings (SSSR count). The summed E-state index contributed by atoms with van der Waals surface area (Å²) in [5.41, 5.74) is 1.96. The zero-order valence-corrected chi connectivity index (χ0v) is 30.5. The molecule has 14 nitrogen and oxygen atoms in total. The molecule has 56 heavy (non-hydrogen) atoms. The number of nitrogens with one attached hydrogen (secondary N) is 4. The van der Waals surface area contributed by atoms with Crippen LogP contribution in [0.15, 0.2) is 67.3 Å². The molecule has 2 fully saturated rings. The van der Waals surface area contributed by atoms with Crippen molar-refractivity contribution in [2.75, 3.05) is 18.4 Å². The molecular weight excluding hydrogens is 734 g/mol. The molecule has 0 radical (unpaired) electrons. The van der Waals surface area contributed by atoms with Crippen LogP contribution in [0, 0.1) is 5.82 Å². The average Bonchev–Trinajstić information content (AvgIpc) is 3.87. The Balaban J connectivity index is 0.878. The van der Waals surface area contributed by atoms with E-state index in [1.54, 1.807) is 24.5 Å². The number of piperidine rings is 2. The van der Waals surface area contributed by atoms with Crippen LogP contribution in [0.2, 0.25) is 0 Å². The molecule has 2 aromatic carbocycles. The molecule has 5 aromatic rings. The molecule has 0 saturated carbocycles. The van der Waals surface area contributed by atoms with Gasteiger partial charge in [0, 0.05) is 42.8 Å². The van der Waals surface area contributed by atoms with Gasteiger partial charge in [0.05, 0.1) is 18.3 Å². The predicted octanol–water partition coefficient (Wildman–Crippen LogP) is 4.95. The number of H-pyrrole nitrogens is 1. The molecule has 2 saturated heterocycles. The van der Waals surface area contributed by atoms with Crippen LogP contribution >= 0.6 is 0 Å². The number of aromatic amines is 1. The molecule has 18 heteroatoms. The fourth-order valence-electron chi connectivity index (χ4n) is 6.63. The Morgan fingerprint density at radius 2 is 1.70 bits per heavy atom. The van der Waals surface area contributed by atoms with E-state index in [-0.39, 0.29) is 47.9 Å². The van der Waals surface area contributed by atoms with Gasteiger partial charge in [0.1, 0.15) is 23.1 Å². The number of benzene rings is 2. The highest BCUT2D eigenvalue weighted by atomic mass is 19.4. The number of nitrogens with zero attached hydrogens (tertiary/aromatic N) is 7. The maximum absolute atomic E-state index is 15.2. The van der Waals surface area contributed by atoms with E-state index in [0.29, 0.717) is 17.7 Å². The number of hydrogen-bond donors (Lipinski definition) is 4. The van der Waals surface area contributed by atoms with Crippen molar-refractivity contribution >= 4 is 23.4 Å². The van der Waals surface area contributed by atoms with Crippen molar-refractivity contribution in [3.05, 3.63) is 101 Å². The van der Waals surface area contributed by atoms with Crippen molar-refractivity contribution in [3.8, 4) is 17.1 Å². The average molecular weight is 774 g/mol. The molecular formula is C38H39F4N11O3. The van der Waals surface area contributed by atoms with Gasteiger partial charge in [-0.25, -0.2) is 24.0 Å². The first-order valence-corrected chi connectivity index (χ1v) is 18.1. The Hall–Kier alpha value is -6.04. The van der Waals surface area contributed by atoms with E-state index >= 15 is 4.39 Å². The minimum absolute atomic E-state index is 0.0756. The zero-order valence-electron chi connectivity index (χ0n) is 30.5. The van der Waals surface area contributed by atoms with Gasteiger partial charge in [0.25, 0.3) is 5.91 Å². The smallest absolute Gasteiger partial charge is 0.374 e. The third-order valence-electron chi connectivity index (χ3n) is 10.2. The van der Waals surface area contributed by atoms with E-state index in [1.165, 1.54) is 23.1 Å². The summed E-state index contributed by atoms with van der Waals surface area (Å²) >= 11 is 0. The van der Waals surface area contributed by atoms with Gasteiger partial charge in [0.15, 0.2) is 5.82 Å². The first kappa shape index (κ1) is 38.2. The van der Waals surface area contributed by atoms with Crippen molar-refractivity contribution in [3.63, 3.8) is 0 Å². The lowest BCUT2D eigenvalue weighted by Crippen LogP contribution is -2.47. The van der Waals surface area contributed by atoms with Crippen LogP contribution in [0.4, 0.5) is 23.2 Å².